The molecule has 6 nitrogen and oxygen atoms in total. The average Bonchev–Trinajstić information content (AvgIpc) is 2.96. The zero-order valence-electron chi connectivity index (χ0n) is 16.5. The Labute approximate surface area is 160 Å². The van der Waals surface area contributed by atoms with Crippen LogP contribution in [0.2, 0.25) is 0 Å². The molecule has 0 unspecified atom stereocenters. The molecule has 0 radical (unpaired) electrons. The van der Waals surface area contributed by atoms with Crippen LogP contribution >= 0.6 is 0 Å². The van der Waals surface area contributed by atoms with E-state index in [2.05, 4.69) is 36.5 Å². The maximum Gasteiger partial charge on any atom is 0.288 e. The van der Waals surface area contributed by atoms with Crippen LogP contribution in [-0.2, 0) is 9.59 Å². The lowest BCUT2D eigenvalue weighted by Crippen LogP contribution is -2.58. The average molecular weight is 368 g/mol. The van der Waals surface area contributed by atoms with Crippen LogP contribution < -0.4 is 15.8 Å². The van der Waals surface area contributed by atoms with E-state index in [1.54, 1.807) is 0 Å². The molecule has 2 saturated carbocycles. The van der Waals surface area contributed by atoms with Crippen LogP contribution in [0.25, 0.3) is 0 Å². The molecule has 144 valence electrons. The minimum Gasteiger partial charge on any atom is -0.346 e. The van der Waals surface area contributed by atoms with Crippen molar-refractivity contribution in [2.45, 2.75) is 53.0 Å². The fraction of sp³-hybridized carbons (Fsp3) is 0.571. The van der Waals surface area contributed by atoms with Crippen LogP contribution in [-0.4, -0.2) is 30.2 Å². The number of rotatable bonds is 3. The van der Waals surface area contributed by atoms with Gasteiger partial charge in [-0.05, 0) is 55.1 Å². The Kier molecular flexibility index (Phi) is 4.05. The van der Waals surface area contributed by atoms with Crippen LogP contribution in [0.4, 0.5) is 5.69 Å². The smallest absolute Gasteiger partial charge is 0.288 e. The van der Waals surface area contributed by atoms with Crippen molar-refractivity contribution in [2.75, 3.05) is 11.6 Å². The first-order chi connectivity index (χ1) is 12.7. The molecule has 2 bridgehead atoms. The summed E-state index contributed by atoms with van der Waals surface area (Å²) < 4.78 is 0. The molecular weight excluding hydrogens is 340 g/mol. The minimum atomic E-state index is -0.228. The first-order valence-corrected chi connectivity index (χ1v) is 9.74. The predicted molar refractivity (Wildman–Crippen MR) is 105 cm³/mol. The highest BCUT2D eigenvalue weighted by Crippen LogP contribution is 2.65. The Morgan fingerprint density at radius 1 is 1.26 bits per heavy atom. The number of nitrogens with zero attached hydrogens (tertiary/aromatic N) is 2. The number of carbonyl (C=O) groups is 2. The third-order valence-corrected chi connectivity index (χ3v) is 7.45. The van der Waals surface area contributed by atoms with Gasteiger partial charge in [0.05, 0.1) is 5.69 Å². The second kappa shape index (κ2) is 6.08. The van der Waals surface area contributed by atoms with Gasteiger partial charge in [0.25, 0.3) is 11.8 Å². The Morgan fingerprint density at radius 3 is 2.56 bits per heavy atom. The van der Waals surface area contributed by atoms with Crippen molar-refractivity contribution in [3.63, 3.8) is 0 Å². The van der Waals surface area contributed by atoms with Crippen LogP contribution in [0.1, 0.15) is 45.6 Å². The summed E-state index contributed by atoms with van der Waals surface area (Å²) in [4.78, 5) is 29.3. The number of fused-ring (bicyclic) bond motifs is 2. The van der Waals surface area contributed by atoms with Gasteiger partial charge in [-0.2, -0.15) is 0 Å². The molecule has 4 rings (SSSR count). The minimum absolute atomic E-state index is 0.0281. The summed E-state index contributed by atoms with van der Waals surface area (Å²) in [6, 6.07) is 7.75. The van der Waals surface area contributed by atoms with E-state index in [-0.39, 0.29) is 41.1 Å². The van der Waals surface area contributed by atoms with Crippen LogP contribution in [0, 0.1) is 23.7 Å². The number of hydrogen-bond donors (Lipinski definition) is 2. The van der Waals surface area contributed by atoms with Gasteiger partial charge < -0.3 is 5.32 Å². The van der Waals surface area contributed by atoms with Crippen molar-refractivity contribution in [2.24, 2.45) is 21.7 Å². The van der Waals surface area contributed by atoms with E-state index >= 15 is 0 Å². The van der Waals surface area contributed by atoms with E-state index in [0.717, 1.165) is 18.4 Å². The third kappa shape index (κ3) is 2.73. The highest BCUT2D eigenvalue weighted by atomic mass is 16.2. The van der Waals surface area contributed by atoms with Gasteiger partial charge in [-0.3, -0.25) is 20.0 Å². The molecule has 2 aliphatic carbocycles. The lowest BCUT2D eigenvalue weighted by molar-refractivity contribution is -0.118. The predicted octanol–water partition coefficient (Wildman–Crippen LogP) is 2.58. The second-order valence-corrected chi connectivity index (χ2v) is 8.98. The largest absolute Gasteiger partial charge is 0.346 e. The summed E-state index contributed by atoms with van der Waals surface area (Å²) >= 11 is 0. The summed E-state index contributed by atoms with van der Waals surface area (Å²) in [6.07, 6.45) is 3.40. The van der Waals surface area contributed by atoms with E-state index in [4.69, 9.17) is 0 Å². The summed E-state index contributed by atoms with van der Waals surface area (Å²) in [5.74, 6) is 0.455. The Hall–Kier alpha value is -2.37. The van der Waals surface area contributed by atoms with E-state index < -0.39 is 0 Å². The van der Waals surface area contributed by atoms with Crippen molar-refractivity contribution >= 4 is 23.3 Å². The summed E-state index contributed by atoms with van der Waals surface area (Å²) in [5.41, 5.74) is 5.07. The quantitative estimate of drug-likeness (QED) is 0.861. The number of hydrogen-bond acceptors (Lipinski definition) is 4. The number of aryl methyl sites for hydroxylation is 1. The van der Waals surface area contributed by atoms with Gasteiger partial charge in [-0.15, -0.1) is 0 Å². The molecule has 2 N–H and O–H groups in total. The van der Waals surface area contributed by atoms with E-state index in [1.807, 2.05) is 31.2 Å². The number of nitrogens with one attached hydrogen (secondary N) is 2. The van der Waals surface area contributed by atoms with Gasteiger partial charge in [-0.25, -0.2) is 5.01 Å². The van der Waals surface area contributed by atoms with Gasteiger partial charge in [0, 0.05) is 6.04 Å². The highest BCUT2D eigenvalue weighted by Gasteiger charge is 2.61. The normalized spacial score (nSPS) is 31.5. The molecule has 3 aliphatic rings. The molecule has 0 aromatic heterocycles. The van der Waals surface area contributed by atoms with Crippen molar-refractivity contribution in [1.29, 1.82) is 0 Å². The fourth-order valence-electron chi connectivity index (χ4n) is 5.09. The zero-order valence-corrected chi connectivity index (χ0v) is 16.5. The number of benzene rings is 1. The van der Waals surface area contributed by atoms with E-state index in [1.165, 1.54) is 11.4 Å². The molecule has 1 aromatic carbocycles. The maximum absolute atomic E-state index is 12.9. The Morgan fingerprint density at radius 2 is 1.96 bits per heavy atom. The third-order valence-electron chi connectivity index (χ3n) is 7.45. The standard InChI is InChI=1S/C21H28N4O2/c1-13-5-7-15(8-6-13)25-17(26)12-22-18(24-25)19(27)23-16-11-14-9-10-21(16,4)20(14,2)3/h5-8,14,16H,9-12H2,1-4H3,(H,22,24)(H,23,27)/t14-,16-,21-/m1/s1. The summed E-state index contributed by atoms with van der Waals surface area (Å²) in [6.45, 7) is 8.91. The van der Waals surface area contributed by atoms with Crippen molar-refractivity contribution < 1.29 is 9.59 Å². The van der Waals surface area contributed by atoms with Crippen molar-refractivity contribution in [1.82, 2.24) is 10.7 Å². The molecule has 27 heavy (non-hydrogen) atoms. The monoisotopic (exact) mass is 368 g/mol. The van der Waals surface area contributed by atoms with Crippen molar-refractivity contribution in [3.05, 3.63) is 29.8 Å². The number of amides is 2. The Bertz CT molecular complexity index is 814. The molecule has 2 fully saturated rings. The fourth-order valence-corrected chi connectivity index (χ4v) is 5.09. The highest BCUT2D eigenvalue weighted by molar-refractivity contribution is 6.39. The molecule has 1 aliphatic heterocycles. The van der Waals surface area contributed by atoms with Gasteiger partial charge in [-0.1, -0.05) is 38.5 Å². The zero-order chi connectivity index (χ0) is 19.4. The first kappa shape index (κ1) is 18.0. The van der Waals surface area contributed by atoms with Gasteiger partial charge in [0.15, 0.2) is 0 Å². The summed E-state index contributed by atoms with van der Waals surface area (Å²) in [7, 11) is 0. The lowest BCUT2D eigenvalue weighted by atomic mass is 9.69. The SMILES string of the molecule is Cc1ccc(N2NC(C(=O)N[C@@H]3C[C@H]4CC[C@@]3(C)C4(C)C)=NCC2=O)cc1. The number of aliphatic imine (C=N–C) groups is 1. The van der Waals surface area contributed by atoms with Gasteiger partial charge >= 0.3 is 0 Å². The lowest BCUT2D eigenvalue weighted by Gasteiger charge is -2.39. The molecule has 0 spiro atoms. The molecule has 1 heterocycles. The maximum atomic E-state index is 12.9. The Balaban J connectivity index is 1.48. The number of carbonyl (C=O) groups excluding carboxylic acids is 2. The van der Waals surface area contributed by atoms with E-state index in [0.29, 0.717) is 11.6 Å². The van der Waals surface area contributed by atoms with E-state index in [9.17, 15) is 9.59 Å². The van der Waals surface area contributed by atoms with Crippen LogP contribution in [0.15, 0.2) is 29.3 Å². The molecule has 6 heteroatoms. The first-order valence-electron chi connectivity index (χ1n) is 9.74. The van der Waals surface area contributed by atoms with Gasteiger partial charge in [0.1, 0.15) is 6.54 Å². The molecule has 1 aromatic rings. The number of amidine groups is 1. The topological polar surface area (TPSA) is 73.8 Å². The van der Waals surface area contributed by atoms with Gasteiger partial charge in [0.2, 0.25) is 5.84 Å². The molecular formula is C21H28N4O2. The number of anilines is 1. The molecule has 2 amide bonds. The van der Waals surface area contributed by atoms with Crippen LogP contribution in [0.3, 0.4) is 0 Å². The van der Waals surface area contributed by atoms with Crippen molar-refractivity contribution in [3.8, 4) is 0 Å². The number of hydrazine groups is 1. The second-order valence-electron chi connectivity index (χ2n) is 8.98. The van der Waals surface area contributed by atoms with Crippen LogP contribution in [0.5, 0.6) is 0 Å². The molecule has 0 saturated heterocycles. The molecule has 3 atom stereocenters. The summed E-state index contributed by atoms with van der Waals surface area (Å²) in [5, 5.41) is 4.61.